The Labute approximate surface area is 123 Å². The molecular formula is C14H21NO4S. The van der Waals surface area contributed by atoms with Crippen LogP contribution in [0.4, 0.5) is 0 Å². The first-order valence-electron chi connectivity index (χ1n) is 7.05. The minimum Gasteiger partial charge on any atom is -0.465 e. The fourth-order valence-electron chi connectivity index (χ4n) is 2.37. The lowest BCUT2D eigenvalue weighted by Gasteiger charge is -2.26. The number of carbonyl (C=O) groups is 2. The molecule has 5 nitrogen and oxygen atoms in total. The van der Waals surface area contributed by atoms with Gasteiger partial charge in [0.2, 0.25) is 0 Å². The Hall–Kier alpha value is -1.17. The number of hydrogen-bond donors (Lipinski definition) is 0. The molecule has 1 fully saturated rings. The zero-order valence-electron chi connectivity index (χ0n) is 12.2. The molecule has 0 aromatic carbocycles. The van der Waals surface area contributed by atoms with Crippen molar-refractivity contribution in [3.8, 4) is 0 Å². The van der Waals surface area contributed by atoms with Crippen LogP contribution in [0.25, 0.3) is 0 Å². The first kappa shape index (κ1) is 15.2. The van der Waals surface area contributed by atoms with Gasteiger partial charge in [0.05, 0.1) is 23.3 Å². The van der Waals surface area contributed by atoms with Gasteiger partial charge in [0, 0.05) is 13.1 Å². The number of hydrogen-bond acceptors (Lipinski definition) is 6. The molecule has 0 aromatic heterocycles. The Morgan fingerprint density at radius 3 is 2.85 bits per heavy atom. The molecule has 0 aromatic rings. The summed E-state index contributed by atoms with van der Waals surface area (Å²) >= 11 is 1.44. The Kier molecular flexibility index (Phi) is 4.96. The third-order valence-electron chi connectivity index (χ3n) is 3.18. The lowest BCUT2D eigenvalue weighted by atomic mass is 10.1. The summed E-state index contributed by atoms with van der Waals surface area (Å²) in [5.41, 5.74) is 0.710. The summed E-state index contributed by atoms with van der Waals surface area (Å²) in [6.45, 7) is 7.38. The van der Waals surface area contributed by atoms with Crippen LogP contribution in [0.15, 0.2) is 10.6 Å². The second kappa shape index (κ2) is 6.52. The van der Waals surface area contributed by atoms with Crippen molar-refractivity contribution in [2.24, 2.45) is 0 Å². The number of fused-ring (bicyclic) bond motifs is 1. The number of carbonyl (C=O) groups excluding carboxylic acids is 2. The van der Waals surface area contributed by atoms with Crippen molar-refractivity contribution in [3.05, 3.63) is 10.6 Å². The number of ether oxygens (including phenoxy) is 2. The SMILES string of the molecule is CCOC(=O)C1CN2CCCC(C(=O)OC(C)C)=C2S1. The molecule has 0 N–H and O–H groups in total. The van der Waals surface area contributed by atoms with E-state index in [9.17, 15) is 9.59 Å². The van der Waals surface area contributed by atoms with Crippen LogP contribution in [-0.2, 0) is 19.1 Å². The van der Waals surface area contributed by atoms with Gasteiger partial charge in [-0.25, -0.2) is 4.79 Å². The molecule has 0 amide bonds. The van der Waals surface area contributed by atoms with Crippen LogP contribution in [0.2, 0.25) is 0 Å². The Morgan fingerprint density at radius 2 is 2.20 bits per heavy atom. The van der Waals surface area contributed by atoms with Gasteiger partial charge in [-0.3, -0.25) is 4.79 Å². The summed E-state index contributed by atoms with van der Waals surface area (Å²) in [6.07, 6.45) is 1.51. The van der Waals surface area contributed by atoms with E-state index in [2.05, 4.69) is 4.90 Å². The van der Waals surface area contributed by atoms with Crippen molar-refractivity contribution in [2.75, 3.05) is 19.7 Å². The third kappa shape index (κ3) is 3.29. The summed E-state index contributed by atoms with van der Waals surface area (Å²) in [5.74, 6) is -0.451. The molecule has 1 unspecified atom stereocenters. The monoisotopic (exact) mass is 299 g/mol. The van der Waals surface area contributed by atoms with E-state index in [0.29, 0.717) is 18.7 Å². The average molecular weight is 299 g/mol. The normalized spacial score (nSPS) is 22.0. The number of rotatable bonds is 4. The van der Waals surface area contributed by atoms with Gasteiger partial charge in [-0.15, -0.1) is 0 Å². The summed E-state index contributed by atoms with van der Waals surface area (Å²) in [7, 11) is 0. The molecule has 0 saturated carbocycles. The predicted molar refractivity (Wildman–Crippen MR) is 77.1 cm³/mol. The maximum Gasteiger partial charge on any atom is 0.336 e. The van der Waals surface area contributed by atoms with Gasteiger partial charge >= 0.3 is 11.9 Å². The van der Waals surface area contributed by atoms with Gasteiger partial charge in [0.1, 0.15) is 5.25 Å². The minimum absolute atomic E-state index is 0.127. The van der Waals surface area contributed by atoms with E-state index in [1.165, 1.54) is 11.8 Å². The van der Waals surface area contributed by atoms with Crippen LogP contribution in [0.5, 0.6) is 0 Å². The third-order valence-corrected chi connectivity index (χ3v) is 4.53. The van der Waals surface area contributed by atoms with Gasteiger partial charge < -0.3 is 14.4 Å². The highest BCUT2D eigenvalue weighted by Crippen LogP contribution is 2.41. The quantitative estimate of drug-likeness (QED) is 0.739. The van der Waals surface area contributed by atoms with E-state index in [1.807, 2.05) is 13.8 Å². The zero-order valence-corrected chi connectivity index (χ0v) is 13.0. The number of nitrogens with zero attached hydrogens (tertiary/aromatic N) is 1. The molecule has 20 heavy (non-hydrogen) atoms. The first-order chi connectivity index (χ1) is 9.52. The molecular weight excluding hydrogens is 278 g/mol. The van der Waals surface area contributed by atoms with E-state index in [1.54, 1.807) is 6.92 Å². The lowest BCUT2D eigenvalue weighted by Crippen LogP contribution is -2.31. The molecule has 0 bridgehead atoms. The molecule has 1 saturated heterocycles. The minimum atomic E-state index is -0.253. The largest absolute Gasteiger partial charge is 0.465 e. The number of thioether (sulfide) groups is 1. The van der Waals surface area contributed by atoms with E-state index < -0.39 is 0 Å². The van der Waals surface area contributed by atoms with Crippen LogP contribution in [-0.4, -0.2) is 47.9 Å². The van der Waals surface area contributed by atoms with E-state index >= 15 is 0 Å². The van der Waals surface area contributed by atoms with Crippen molar-refractivity contribution in [3.63, 3.8) is 0 Å². The van der Waals surface area contributed by atoms with Crippen molar-refractivity contribution >= 4 is 23.7 Å². The average Bonchev–Trinajstić information content (AvgIpc) is 2.81. The molecule has 0 spiro atoms. The van der Waals surface area contributed by atoms with Crippen molar-refractivity contribution < 1.29 is 19.1 Å². The molecule has 2 heterocycles. The molecule has 1 atom stereocenters. The molecule has 2 rings (SSSR count). The Balaban J connectivity index is 2.13. The van der Waals surface area contributed by atoms with Crippen LogP contribution < -0.4 is 0 Å². The van der Waals surface area contributed by atoms with Crippen molar-refractivity contribution in [1.82, 2.24) is 4.90 Å². The summed E-state index contributed by atoms with van der Waals surface area (Å²) in [6, 6.07) is 0. The van der Waals surface area contributed by atoms with Crippen molar-refractivity contribution in [1.29, 1.82) is 0 Å². The van der Waals surface area contributed by atoms with E-state index in [4.69, 9.17) is 9.47 Å². The summed E-state index contributed by atoms with van der Waals surface area (Å²) in [5, 5.41) is 0.671. The maximum absolute atomic E-state index is 12.1. The van der Waals surface area contributed by atoms with Gasteiger partial charge in [-0.1, -0.05) is 11.8 Å². The Bertz CT molecular complexity index is 433. The van der Waals surface area contributed by atoms with Crippen LogP contribution in [0.3, 0.4) is 0 Å². The van der Waals surface area contributed by atoms with Crippen LogP contribution >= 0.6 is 11.8 Å². The fourth-order valence-corrected chi connectivity index (χ4v) is 3.70. The molecule has 0 radical (unpaired) electrons. The van der Waals surface area contributed by atoms with Gasteiger partial charge in [-0.2, -0.15) is 0 Å². The molecule has 0 aliphatic carbocycles. The zero-order chi connectivity index (χ0) is 14.7. The number of esters is 2. The van der Waals surface area contributed by atoms with E-state index in [-0.39, 0.29) is 23.3 Å². The first-order valence-corrected chi connectivity index (χ1v) is 7.93. The molecule has 2 aliphatic rings. The molecule has 6 heteroatoms. The van der Waals surface area contributed by atoms with Crippen LogP contribution in [0, 0.1) is 0 Å². The topological polar surface area (TPSA) is 55.8 Å². The van der Waals surface area contributed by atoms with E-state index in [0.717, 1.165) is 24.4 Å². The predicted octanol–water partition coefficient (Wildman–Crippen LogP) is 1.92. The fraction of sp³-hybridized carbons (Fsp3) is 0.714. The highest BCUT2D eigenvalue weighted by Gasteiger charge is 2.38. The highest BCUT2D eigenvalue weighted by molar-refractivity contribution is 8.04. The van der Waals surface area contributed by atoms with Crippen molar-refractivity contribution in [2.45, 2.75) is 45.0 Å². The lowest BCUT2D eigenvalue weighted by molar-refractivity contribution is -0.143. The second-order valence-corrected chi connectivity index (χ2v) is 6.34. The maximum atomic E-state index is 12.1. The summed E-state index contributed by atoms with van der Waals surface area (Å²) in [4.78, 5) is 26.1. The summed E-state index contributed by atoms with van der Waals surface area (Å²) < 4.78 is 10.4. The molecule has 112 valence electrons. The standard InChI is InChI=1S/C14H21NO4S/c1-4-18-14(17)11-8-15-7-5-6-10(12(15)20-11)13(16)19-9(2)3/h9,11H,4-8H2,1-3H3. The van der Waals surface area contributed by atoms with Gasteiger partial charge in [0.15, 0.2) is 0 Å². The van der Waals surface area contributed by atoms with Gasteiger partial charge in [0.25, 0.3) is 0 Å². The second-order valence-electron chi connectivity index (χ2n) is 5.15. The van der Waals surface area contributed by atoms with Gasteiger partial charge in [-0.05, 0) is 33.6 Å². The molecule has 2 aliphatic heterocycles. The highest BCUT2D eigenvalue weighted by atomic mass is 32.2. The van der Waals surface area contributed by atoms with Crippen LogP contribution in [0.1, 0.15) is 33.6 Å². The Morgan fingerprint density at radius 1 is 1.45 bits per heavy atom. The smallest absolute Gasteiger partial charge is 0.336 e.